The first-order valence-corrected chi connectivity index (χ1v) is 12.8. The SMILES string of the molecule is C/C=C/Cc1ccccc1.C=CCCC(=O)/C(C=C)=C(/C=C)C(=C)C(C)C.CC.CC.CCC. The lowest BCUT2D eigenvalue weighted by Gasteiger charge is -2.14. The standard InChI is InChI=1S/C16H22O.C10H12.C3H8.2C2H6/c1-7-10-11-16(17)15(9-3)14(8-2)13(6)12(4)5;1-2-3-7-10-8-5-4-6-9-10;1-3-2;2*1-2/h7-9,12H,1-3,6,10-11H2,4-5H3;2-6,8-9H,7H2,1H3;3H2,1-2H3;2*1-2H3/b15-14-;3-2+;;;. The van der Waals surface area contributed by atoms with Crippen LogP contribution in [-0.2, 0) is 11.2 Å². The Bertz CT molecular complexity index is 699. The van der Waals surface area contributed by atoms with Gasteiger partial charge in [-0.2, -0.15) is 0 Å². The van der Waals surface area contributed by atoms with Crippen LogP contribution in [0.5, 0.6) is 0 Å². The molecular weight excluding hydrogens is 412 g/mol. The lowest BCUT2D eigenvalue weighted by Crippen LogP contribution is -2.06. The topological polar surface area (TPSA) is 17.1 Å². The van der Waals surface area contributed by atoms with Gasteiger partial charge in [-0.25, -0.2) is 0 Å². The van der Waals surface area contributed by atoms with Crippen LogP contribution in [0.25, 0.3) is 0 Å². The Morgan fingerprint density at radius 1 is 0.912 bits per heavy atom. The quantitative estimate of drug-likeness (QED) is 0.190. The van der Waals surface area contributed by atoms with Crippen molar-refractivity contribution < 1.29 is 4.79 Å². The summed E-state index contributed by atoms with van der Waals surface area (Å²) in [6, 6.07) is 10.5. The van der Waals surface area contributed by atoms with Crippen LogP contribution in [0.2, 0.25) is 0 Å². The monoisotopic (exact) mass is 466 g/mol. The highest BCUT2D eigenvalue weighted by Gasteiger charge is 2.13. The normalized spacial score (nSPS) is 9.82. The molecule has 0 aromatic heterocycles. The second-order valence-corrected chi connectivity index (χ2v) is 7.13. The Morgan fingerprint density at radius 3 is 1.74 bits per heavy atom. The minimum absolute atomic E-state index is 0.0663. The van der Waals surface area contributed by atoms with E-state index in [9.17, 15) is 4.79 Å². The van der Waals surface area contributed by atoms with E-state index in [4.69, 9.17) is 0 Å². The van der Waals surface area contributed by atoms with Crippen molar-refractivity contribution in [2.75, 3.05) is 0 Å². The van der Waals surface area contributed by atoms with Crippen LogP contribution in [0.1, 0.15) is 87.1 Å². The number of carbonyl (C=O) groups excluding carboxylic acids is 1. The number of benzene rings is 1. The molecule has 0 N–H and O–H groups in total. The number of carbonyl (C=O) groups is 1. The van der Waals surface area contributed by atoms with Crippen molar-refractivity contribution in [1.82, 2.24) is 0 Å². The van der Waals surface area contributed by atoms with Crippen molar-refractivity contribution in [3.63, 3.8) is 0 Å². The summed E-state index contributed by atoms with van der Waals surface area (Å²) in [5, 5.41) is 0. The summed E-state index contributed by atoms with van der Waals surface area (Å²) >= 11 is 0. The molecule has 0 aliphatic heterocycles. The summed E-state index contributed by atoms with van der Waals surface area (Å²) in [4.78, 5) is 12.0. The Kier molecular flexibility index (Phi) is 34.4. The molecule has 1 aromatic carbocycles. The third-order valence-electron chi connectivity index (χ3n) is 4.05. The van der Waals surface area contributed by atoms with E-state index >= 15 is 0 Å². The molecule has 0 heterocycles. The molecule has 34 heavy (non-hydrogen) atoms. The Morgan fingerprint density at radius 2 is 1.38 bits per heavy atom. The van der Waals surface area contributed by atoms with Crippen LogP contribution in [0, 0.1) is 5.92 Å². The number of hydrogen-bond donors (Lipinski definition) is 0. The zero-order chi connectivity index (χ0) is 27.4. The van der Waals surface area contributed by atoms with Crippen LogP contribution in [0.4, 0.5) is 0 Å². The van der Waals surface area contributed by atoms with Gasteiger partial charge >= 0.3 is 0 Å². The molecule has 0 unspecified atom stereocenters. The first kappa shape index (κ1) is 38.6. The summed E-state index contributed by atoms with van der Waals surface area (Å²) in [7, 11) is 0. The van der Waals surface area contributed by atoms with E-state index in [2.05, 4.69) is 76.6 Å². The zero-order valence-corrected chi connectivity index (χ0v) is 23.9. The van der Waals surface area contributed by atoms with Crippen LogP contribution in [-0.4, -0.2) is 5.78 Å². The maximum Gasteiger partial charge on any atom is 0.163 e. The van der Waals surface area contributed by atoms with Gasteiger partial charge in [0.15, 0.2) is 5.78 Å². The van der Waals surface area contributed by atoms with Gasteiger partial charge in [-0.15, -0.1) is 6.58 Å². The maximum absolute atomic E-state index is 12.0. The average Bonchev–Trinajstić information content (AvgIpc) is 2.88. The van der Waals surface area contributed by atoms with Crippen molar-refractivity contribution in [3.05, 3.63) is 109 Å². The van der Waals surface area contributed by atoms with Crippen LogP contribution >= 0.6 is 0 Å². The molecule has 0 saturated heterocycles. The van der Waals surface area contributed by atoms with Gasteiger partial charge in [0.1, 0.15) is 0 Å². The molecule has 0 amide bonds. The molecule has 0 saturated carbocycles. The third-order valence-corrected chi connectivity index (χ3v) is 4.05. The van der Waals surface area contributed by atoms with Crippen molar-refractivity contribution in [2.24, 2.45) is 5.92 Å². The van der Waals surface area contributed by atoms with E-state index in [1.165, 1.54) is 12.0 Å². The molecule has 1 heteroatoms. The Hall–Kier alpha value is -2.67. The van der Waals surface area contributed by atoms with Crippen molar-refractivity contribution >= 4 is 5.78 Å². The Balaban J connectivity index is -0.000000223. The molecule has 1 rings (SSSR count). The number of Topliss-reactive ketones (excluding diaryl/α,β-unsaturated/α-hetero) is 1. The van der Waals surface area contributed by atoms with E-state index in [-0.39, 0.29) is 11.7 Å². The second kappa shape index (κ2) is 30.3. The number of hydrogen-bond acceptors (Lipinski definition) is 1. The van der Waals surface area contributed by atoms with Crippen molar-refractivity contribution in [2.45, 2.75) is 88.0 Å². The predicted octanol–water partition coefficient (Wildman–Crippen LogP) is 10.7. The first-order chi connectivity index (χ1) is 16.3. The lowest BCUT2D eigenvalue weighted by molar-refractivity contribution is -0.115. The van der Waals surface area contributed by atoms with Gasteiger partial charge < -0.3 is 0 Å². The molecule has 0 aliphatic carbocycles. The summed E-state index contributed by atoms with van der Waals surface area (Å²) in [6.07, 6.45) is 12.7. The molecule has 1 aromatic rings. The lowest BCUT2D eigenvalue weighted by atomic mass is 9.90. The van der Waals surface area contributed by atoms with E-state index in [1.54, 1.807) is 18.2 Å². The van der Waals surface area contributed by atoms with Crippen molar-refractivity contribution in [1.29, 1.82) is 0 Å². The second-order valence-electron chi connectivity index (χ2n) is 7.13. The molecule has 0 radical (unpaired) electrons. The van der Waals surface area contributed by atoms with Crippen molar-refractivity contribution in [3.8, 4) is 0 Å². The molecular formula is C33H54O. The average molecular weight is 467 g/mol. The highest BCUT2D eigenvalue weighted by atomic mass is 16.1. The molecule has 192 valence electrons. The Labute approximate surface area is 213 Å². The largest absolute Gasteiger partial charge is 0.294 e. The van der Waals surface area contributed by atoms with E-state index in [0.29, 0.717) is 18.4 Å². The third kappa shape index (κ3) is 21.2. The first-order valence-electron chi connectivity index (χ1n) is 12.8. The number of rotatable bonds is 10. The van der Waals surface area contributed by atoms with Crippen LogP contribution < -0.4 is 0 Å². The number of ketones is 1. The summed E-state index contributed by atoms with van der Waals surface area (Å²) in [5.41, 5.74) is 3.71. The highest BCUT2D eigenvalue weighted by Crippen LogP contribution is 2.23. The van der Waals surface area contributed by atoms with Gasteiger partial charge in [-0.3, -0.25) is 4.79 Å². The highest BCUT2D eigenvalue weighted by molar-refractivity contribution is 5.99. The molecule has 0 atom stereocenters. The minimum atomic E-state index is 0.0663. The smallest absolute Gasteiger partial charge is 0.163 e. The fourth-order valence-corrected chi connectivity index (χ4v) is 2.33. The predicted molar refractivity (Wildman–Crippen MR) is 159 cm³/mol. The summed E-state index contributed by atoms with van der Waals surface area (Å²) in [5.74, 6) is 0.349. The minimum Gasteiger partial charge on any atom is -0.294 e. The van der Waals surface area contributed by atoms with Gasteiger partial charge in [0, 0.05) is 12.0 Å². The fourth-order valence-electron chi connectivity index (χ4n) is 2.33. The zero-order valence-electron chi connectivity index (χ0n) is 23.9. The van der Waals surface area contributed by atoms with Gasteiger partial charge in [0.2, 0.25) is 0 Å². The van der Waals surface area contributed by atoms with Gasteiger partial charge in [-0.05, 0) is 42.4 Å². The van der Waals surface area contributed by atoms with Gasteiger partial charge in [0.05, 0.1) is 0 Å². The van der Waals surface area contributed by atoms with Gasteiger partial charge in [-0.1, -0.05) is 142 Å². The van der Waals surface area contributed by atoms with E-state index in [1.807, 2.05) is 54.5 Å². The molecule has 1 nitrogen and oxygen atoms in total. The summed E-state index contributed by atoms with van der Waals surface area (Å²) in [6.45, 7) is 33.5. The number of allylic oxidation sites excluding steroid dienone is 8. The fraction of sp³-hybridized carbons (Fsp3) is 0.424. The molecule has 0 bridgehead atoms. The molecule has 0 fully saturated rings. The molecule has 0 spiro atoms. The summed E-state index contributed by atoms with van der Waals surface area (Å²) < 4.78 is 0. The van der Waals surface area contributed by atoms with Crippen LogP contribution in [0.3, 0.4) is 0 Å². The van der Waals surface area contributed by atoms with Crippen LogP contribution in [0.15, 0.2) is 104 Å². The van der Waals surface area contributed by atoms with E-state index < -0.39 is 0 Å². The van der Waals surface area contributed by atoms with Gasteiger partial charge in [0.25, 0.3) is 0 Å². The molecule has 0 aliphatic rings. The van der Waals surface area contributed by atoms with E-state index in [0.717, 1.165) is 17.6 Å². The maximum atomic E-state index is 12.0.